The number of carboxylic acids is 1. The van der Waals surface area contributed by atoms with Crippen molar-refractivity contribution in [2.24, 2.45) is 0 Å². The molecule has 1 unspecified atom stereocenters. The second kappa shape index (κ2) is 12.7. The Balaban J connectivity index is 2.28. The van der Waals surface area contributed by atoms with Gasteiger partial charge in [0.2, 0.25) is 0 Å². The molecule has 0 saturated heterocycles. The van der Waals surface area contributed by atoms with Crippen molar-refractivity contribution in [1.29, 1.82) is 0 Å². The number of carboxylic acid groups (broad SMARTS) is 1. The van der Waals surface area contributed by atoms with E-state index in [1.54, 1.807) is 7.11 Å². The number of benzene rings is 1. The van der Waals surface area contributed by atoms with Gasteiger partial charge in [0.1, 0.15) is 5.75 Å². The maximum absolute atomic E-state index is 10.5. The van der Waals surface area contributed by atoms with Crippen LogP contribution in [0.4, 0.5) is 0 Å². The zero-order chi connectivity index (χ0) is 19.4. The lowest BCUT2D eigenvalue weighted by molar-refractivity contribution is -0.137. The van der Waals surface area contributed by atoms with Crippen molar-refractivity contribution < 1.29 is 14.6 Å². The molecule has 0 aliphatic carbocycles. The van der Waals surface area contributed by atoms with Gasteiger partial charge in [-0.25, -0.2) is 0 Å². The van der Waals surface area contributed by atoms with Gasteiger partial charge in [-0.15, -0.1) is 0 Å². The van der Waals surface area contributed by atoms with Gasteiger partial charge in [-0.05, 0) is 63.0 Å². The first-order chi connectivity index (χ1) is 12.5. The van der Waals surface area contributed by atoms with Gasteiger partial charge in [-0.2, -0.15) is 0 Å². The number of carbonyl (C=O) groups is 1. The Hall–Kier alpha value is -1.55. The highest BCUT2D eigenvalue weighted by atomic mass is 16.5. The molecule has 0 bridgehead atoms. The minimum Gasteiger partial charge on any atom is -0.497 e. The Morgan fingerprint density at radius 2 is 1.73 bits per heavy atom. The fraction of sp³-hybridized carbons (Fsp3) is 0.682. The predicted octanol–water partition coefficient (Wildman–Crippen LogP) is 5.59. The third-order valence-corrected chi connectivity index (χ3v) is 5.22. The summed E-state index contributed by atoms with van der Waals surface area (Å²) in [5, 5.41) is 8.62. The van der Waals surface area contributed by atoms with Crippen molar-refractivity contribution in [1.82, 2.24) is 4.90 Å². The smallest absolute Gasteiger partial charge is 0.303 e. The first-order valence-corrected chi connectivity index (χ1v) is 10.1. The molecule has 148 valence electrons. The van der Waals surface area contributed by atoms with Crippen molar-refractivity contribution in [3.05, 3.63) is 29.3 Å². The van der Waals surface area contributed by atoms with E-state index in [0.717, 1.165) is 38.1 Å². The molecular formula is C22H37NO3. The van der Waals surface area contributed by atoms with Crippen molar-refractivity contribution in [2.75, 3.05) is 20.2 Å². The van der Waals surface area contributed by atoms with Gasteiger partial charge in [-0.1, -0.05) is 45.1 Å². The first-order valence-electron chi connectivity index (χ1n) is 10.1. The van der Waals surface area contributed by atoms with Crippen LogP contribution in [0.15, 0.2) is 18.2 Å². The van der Waals surface area contributed by atoms with Crippen LogP contribution in [-0.2, 0) is 4.79 Å². The van der Waals surface area contributed by atoms with E-state index in [-0.39, 0.29) is 0 Å². The number of hydrogen-bond acceptors (Lipinski definition) is 3. The average Bonchev–Trinajstić information content (AvgIpc) is 2.62. The molecule has 26 heavy (non-hydrogen) atoms. The number of rotatable bonds is 14. The van der Waals surface area contributed by atoms with Gasteiger partial charge in [0.15, 0.2) is 0 Å². The Labute approximate surface area is 159 Å². The molecule has 1 aromatic rings. The van der Waals surface area contributed by atoms with Crippen LogP contribution in [0.3, 0.4) is 0 Å². The van der Waals surface area contributed by atoms with Crippen LogP contribution >= 0.6 is 0 Å². The van der Waals surface area contributed by atoms with Gasteiger partial charge in [0.25, 0.3) is 0 Å². The van der Waals surface area contributed by atoms with Crippen molar-refractivity contribution in [2.45, 2.75) is 78.2 Å². The standard InChI is InChI=1S/C22H37NO3/c1-5-23(16-12-10-8-6-7-9-11-13-22(24)25)19(3)21-15-14-20(26-4)17-18(21)2/h14-15,17,19H,5-13,16H2,1-4H3,(H,24,25). The quantitative estimate of drug-likeness (QED) is 0.438. The molecule has 0 aliphatic heterocycles. The Morgan fingerprint density at radius 1 is 1.12 bits per heavy atom. The fourth-order valence-corrected chi connectivity index (χ4v) is 3.54. The molecule has 1 atom stereocenters. The Bertz CT molecular complexity index is 530. The van der Waals surface area contributed by atoms with Gasteiger partial charge in [-0.3, -0.25) is 9.69 Å². The monoisotopic (exact) mass is 363 g/mol. The Kier molecular flexibility index (Phi) is 11.0. The summed E-state index contributed by atoms with van der Waals surface area (Å²) in [6.45, 7) is 8.87. The summed E-state index contributed by atoms with van der Waals surface area (Å²) < 4.78 is 5.31. The van der Waals surface area contributed by atoms with Crippen LogP contribution in [0.2, 0.25) is 0 Å². The molecular weight excluding hydrogens is 326 g/mol. The average molecular weight is 364 g/mol. The molecule has 1 N–H and O–H groups in total. The second-order valence-electron chi connectivity index (χ2n) is 7.15. The highest BCUT2D eigenvalue weighted by Crippen LogP contribution is 2.26. The molecule has 4 heteroatoms. The molecule has 0 aromatic heterocycles. The third kappa shape index (κ3) is 8.22. The zero-order valence-corrected chi connectivity index (χ0v) is 17.1. The molecule has 0 spiro atoms. The first kappa shape index (κ1) is 22.5. The normalized spacial score (nSPS) is 12.3. The van der Waals surface area contributed by atoms with Crippen LogP contribution in [-0.4, -0.2) is 36.2 Å². The maximum Gasteiger partial charge on any atom is 0.303 e. The number of unbranched alkanes of at least 4 members (excludes halogenated alkanes) is 6. The molecule has 0 amide bonds. The second-order valence-corrected chi connectivity index (χ2v) is 7.15. The van der Waals surface area contributed by atoms with Gasteiger partial charge in [0, 0.05) is 12.5 Å². The number of aliphatic carboxylic acids is 1. The number of methoxy groups -OCH3 is 1. The minimum absolute atomic E-state index is 0.314. The SMILES string of the molecule is CCN(CCCCCCCCCC(=O)O)C(C)c1ccc(OC)cc1C. The summed E-state index contributed by atoms with van der Waals surface area (Å²) in [7, 11) is 1.71. The van der Waals surface area contributed by atoms with E-state index in [9.17, 15) is 4.79 Å². The van der Waals surface area contributed by atoms with Crippen molar-refractivity contribution in [3.63, 3.8) is 0 Å². The molecule has 0 fully saturated rings. The van der Waals surface area contributed by atoms with Crippen LogP contribution < -0.4 is 4.74 Å². The highest BCUT2D eigenvalue weighted by Gasteiger charge is 2.16. The van der Waals surface area contributed by atoms with Crippen molar-refractivity contribution in [3.8, 4) is 5.75 Å². The number of nitrogens with zero attached hydrogens (tertiary/aromatic N) is 1. The van der Waals surface area contributed by atoms with Crippen LogP contribution in [0.1, 0.15) is 82.4 Å². The molecule has 0 aliphatic rings. The summed E-state index contributed by atoms with van der Waals surface area (Å²) in [5.74, 6) is 0.246. The fourth-order valence-electron chi connectivity index (χ4n) is 3.54. The topological polar surface area (TPSA) is 49.8 Å². The molecule has 0 saturated carbocycles. The zero-order valence-electron chi connectivity index (χ0n) is 17.1. The number of hydrogen-bond donors (Lipinski definition) is 1. The van der Waals surface area contributed by atoms with Gasteiger partial charge in [0.05, 0.1) is 7.11 Å². The molecule has 0 heterocycles. The highest BCUT2D eigenvalue weighted by molar-refractivity contribution is 5.66. The number of ether oxygens (including phenoxy) is 1. The van der Waals surface area contributed by atoms with E-state index < -0.39 is 5.97 Å². The minimum atomic E-state index is -0.675. The lowest BCUT2D eigenvalue weighted by atomic mass is 10.0. The summed E-state index contributed by atoms with van der Waals surface area (Å²) in [5.41, 5.74) is 2.67. The largest absolute Gasteiger partial charge is 0.497 e. The van der Waals surface area contributed by atoms with E-state index in [1.807, 2.05) is 0 Å². The summed E-state index contributed by atoms with van der Waals surface area (Å²) >= 11 is 0. The van der Waals surface area contributed by atoms with Gasteiger partial charge < -0.3 is 9.84 Å². The lowest BCUT2D eigenvalue weighted by Crippen LogP contribution is -2.28. The van der Waals surface area contributed by atoms with E-state index >= 15 is 0 Å². The van der Waals surface area contributed by atoms with E-state index in [2.05, 4.69) is 43.9 Å². The molecule has 4 nitrogen and oxygen atoms in total. The Morgan fingerprint density at radius 3 is 2.27 bits per heavy atom. The predicted molar refractivity (Wildman–Crippen MR) is 108 cm³/mol. The molecule has 1 rings (SSSR count). The van der Waals surface area contributed by atoms with Crippen LogP contribution in [0.5, 0.6) is 5.75 Å². The number of aryl methyl sites for hydroxylation is 1. The summed E-state index contributed by atoms with van der Waals surface area (Å²) in [6.07, 6.45) is 8.28. The molecule has 1 aromatic carbocycles. The van der Waals surface area contributed by atoms with Crippen LogP contribution in [0.25, 0.3) is 0 Å². The van der Waals surface area contributed by atoms with Crippen LogP contribution in [0, 0.1) is 6.92 Å². The third-order valence-electron chi connectivity index (χ3n) is 5.22. The van der Waals surface area contributed by atoms with Crippen molar-refractivity contribution >= 4 is 5.97 Å². The van der Waals surface area contributed by atoms with E-state index in [1.165, 1.54) is 36.8 Å². The molecule has 0 radical (unpaired) electrons. The van der Waals surface area contributed by atoms with E-state index in [4.69, 9.17) is 9.84 Å². The summed E-state index contributed by atoms with van der Waals surface area (Å²) in [6, 6.07) is 6.78. The van der Waals surface area contributed by atoms with E-state index in [0.29, 0.717) is 12.5 Å². The van der Waals surface area contributed by atoms with Gasteiger partial charge >= 0.3 is 5.97 Å². The summed E-state index contributed by atoms with van der Waals surface area (Å²) in [4.78, 5) is 13.0. The maximum atomic E-state index is 10.5. The lowest BCUT2D eigenvalue weighted by Gasteiger charge is -2.29.